The van der Waals surface area contributed by atoms with Crippen LogP contribution in [0.1, 0.15) is 20.7 Å². The second-order valence-corrected chi connectivity index (χ2v) is 4.17. The van der Waals surface area contributed by atoms with Crippen LogP contribution in [0, 0.1) is 0 Å². The van der Waals surface area contributed by atoms with Crippen LogP contribution in [-0.4, -0.2) is 29.3 Å². The topological polar surface area (TPSA) is 102 Å². The van der Waals surface area contributed by atoms with Gasteiger partial charge in [-0.25, -0.2) is 14.5 Å². The van der Waals surface area contributed by atoms with Crippen LogP contribution in [-0.2, 0) is 4.89 Å². The van der Waals surface area contributed by atoms with Crippen LogP contribution in [0.5, 0.6) is 17.2 Å². The number of phenolic OH excluding ortho intramolecular Hbond substituents is 1. The molecule has 114 valence electrons. The molecule has 0 unspecified atom stereocenters. The van der Waals surface area contributed by atoms with E-state index in [0.717, 1.165) is 0 Å². The molecule has 0 saturated heterocycles. The van der Waals surface area contributed by atoms with Gasteiger partial charge in [0.05, 0.1) is 18.2 Å². The van der Waals surface area contributed by atoms with Gasteiger partial charge in [0.25, 0.3) is 0 Å². The Labute approximate surface area is 125 Å². The molecule has 0 radical (unpaired) electrons. The van der Waals surface area contributed by atoms with Gasteiger partial charge >= 0.3 is 11.9 Å². The molecule has 2 aromatic carbocycles. The van der Waals surface area contributed by atoms with Crippen LogP contribution in [0.25, 0.3) is 0 Å². The van der Waals surface area contributed by atoms with E-state index in [1.807, 2.05) is 0 Å². The predicted molar refractivity (Wildman–Crippen MR) is 74.1 cm³/mol. The van der Waals surface area contributed by atoms with Crippen molar-refractivity contribution < 1.29 is 34.3 Å². The highest BCUT2D eigenvalue weighted by Gasteiger charge is 2.14. The fourth-order valence-corrected chi connectivity index (χ4v) is 1.60. The molecule has 0 saturated carbocycles. The Kier molecular flexibility index (Phi) is 4.47. The van der Waals surface area contributed by atoms with Crippen molar-refractivity contribution in [2.24, 2.45) is 0 Å². The van der Waals surface area contributed by atoms with Crippen LogP contribution in [0.15, 0.2) is 42.5 Å². The molecule has 0 fully saturated rings. The summed E-state index contributed by atoms with van der Waals surface area (Å²) in [5.41, 5.74) is 0.188. The van der Waals surface area contributed by atoms with Gasteiger partial charge in [-0.2, -0.15) is 0 Å². The number of methoxy groups -OCH3 is 1. The zero-order valence-electron chi connectivity index (χ0n) is 11.5. The maximum atomic E-state index is 11.7. The van der Waals surface area contributed by atoms with Crippen molar-refractivity contribution in [3.63, 3.8) is 0 Å². The van der Waals surface area contributed by atoms with Crippen molar-refractivity contribution in [2.75, 3.05) is 7.11 Å². The molecule has 0 aromatic heterocycles. The fourth-order valence-electron chi connectivity index (χ4n) is 1.60. The van der Waals surface area contributed by atoms with Crippen molar-refractivity contribution >= 4 is 11.9 Å². The molecule has 0 aliphatic rings. The Morgan fingerprint density at radius 2 is 1.59 bits per heavy atom. The molecule has 0 atom stereocenters. The van der Waals surface area contributed by atoms with E-state index in [0.29, 0.717) is 0 Å². The number of carbonyl (C=O) groups excluding carboxylic acids is 1. The maximum absolute atomic E-state index is 11.7. The zero-order valence-corrected chi connectivity index (χ0v) is 11.5. The molecular formula is C15H12O7. The fraction of sp³-hybridized carbons (Fsp3) is 0.0667. The zero-order chi connectivity index (χ0) is 16.1. The molecule has 2 rings (SSSR count). The molecule has 2 N–H and O–H groups in total. The lowest BCUT2D eigenvalue weighted by Crippen LogP contribution is -2.09. The minimum atomic E-state index is -1.12. The number of benzene rings is 2. The van der Waals surface area contributed by atoms with Crippen molar-refractivity contribution in [3.05, 3.63) is 53.6 Å². The van der Waals surface area contributed by atoms with Crippen LogP contribution in [0.3, 0.4) is 0 Å². The third kappa shape index (κ3) is 3.45. The highest BCUT2D eigenvalue weighted by atomic mass is 17.2. The number of carboxylic acid groups (broad SMARTS) is 1. The Balaban J connectivity index is 2.09. The molecule has 0 aliphatic heterocycles. The second kappa shape index (κ2) is 6.49. The average Bonchev–Trinajstić information content (AvgIpc) is 2.52. The molecule has 0 heterocycles. The number of aromatic carboxylic acids is 1. The molecule has 0 bridgehead atoms. The Hall–Kier alpha value is -3.22. The third-order valence-corrected chi connectivity index (χ3v) is 2.72. The average molecular weight is 304 g/mol. The van der Waals surface area contributed by atoms with E-state index in [4.69, 9.17) is 19.8 Å². The number of carbonyl (C=O) groups is 2. The Morgan fingerprint density at radius 3 is 2.18 bits per heavy atom. The van der Waals surface area contributed by atoms with Crippen LogP contribution < -0.4 is 9.62 Å². The first-order valence-corrected chi connectivity index (χ1v) is 6.10. The normalized spacial score (nSPS) is 9.86. The monoisotopic (exact) mass is 304 g/mol. The van der Waals surface area contributed by atoms with E-state index < -0.39 is 11.9 Å². The molecule has 0 spiro atoms. The third-order valence-electron chi connectivity index (χ3n) is 2.72. The molecule has 7 heteroatoms. The summed E-state index contributed by atoms with van der Waals surface area (Å²) < 4.78 is 4.98. The highest BCUT2D eigenvalue weighted by molar-refractivity contribution is 5.89. The molecule has 7 nitrogen and oxygen atoms in total. The van der Waals surface area contributed by atoms with Crippen molar-refractivity contribution in [1.29, 1.82) is 0 Å². The lowest BCUT2D eigenvalue weighted by Gasteiger charge is -2.09. The summed E-state index contributed by atoms with van der Waals surface area (Å²) in [6, 6.07) is 9.24. The van der Waals surface area contributed by atoms with Gasteiger partial charge < -0.3 is 14.9 Å². The van der Waals surface area contributed by atoms with E-state index in [1.165, 1.54) is 49.6 Å². The predicted octanol–water partition coefficient (Wildman–Crippen LogP) is 2.25. The Bertz CT molecular complexity index is 692. The number of aromatic hydroxyl groups is 1. The molecule has 0 amide bonds. The SMILES string of the molecule is COc1cc(C(=O)O)ccc1OOC(=O)c1ccc(O)cc1. The summed E-state index contributed by atoms with van der Waals surface area (Å²) in [6.07, 6.45) is 0. The van der Waals surface area contributed by atoms with Gasteiger partial charge in [-0.3, -0.25) is 4.89 Å². The highest BCUT2D eigenvalue weighted by Crippen LogP contribution is 2.28. The summed E-state index contributed by atoms with van der Waals surface area (Å²) >= 11 is 0. The van der Waals surface area contributed by atoms with Crippen LogP contribution in [0.4, 0.5) is 0 Å². The van der Waals surface area contributed by atoms with E-state index in [-0.39, 0.29) is 28.4 Å². The summed E-state index contributed by atoms with van der Waals surface area (Å²) in [5.74, 6) is -1.71. The van der Waals surface area contributed by atoms with Gasteiger partial charge in [0.1, 0.15) is 5.75 Å². The van der Waals surface area contributed by atoms with Gasteiger partial charge in [-0.05, 0) is 42.5 Å². The summed E-state index contributed by atoms with van der Waals surface area (Å²) in [6.45, 7) is 0. The standard InChI is InChI=1S/C15H12O7/c1-20-13-8-10(14(17)18)4-7-12(13)21-22-15(19)9-2-5-11(16)6-3-9/h2-8,16H,1H3,(H,17,18). The lowest BCUT2D eigenvalue weighted by atomic mass is 10.2. The quantitative estimate of drug-likeness (QED) is 0.645. The first-order valence-electron chi connectivity index (χ1n) is 6.10. The first-order chi connectivity index (χ1) is 10.5. The summed E-state index contributed by atoms with van der Waals surface area (Å²) in [5, 5.41) is 18.0. The first kappa shape index (κ1) is 15.2. The van der Waals surface area contributed by atoms with Crippen LogP contribution >= 0.6 is 0 Å². The van der Waals surface area contributed by atoms with Gasteiger partial charge in [0, 0.05) is 0 Å². The smallest absolute Gasteiger partial charge is 0.386 e. The van der Waals surface area contributed by atoms with Crippen molar-refractivity contribution in [2.45, 2.75) is 0 Å². The largest absolute Gasteiger partial charge is 0.508 e. The van der Waals surface area contributed by atoms with Crippen molar-refractivity contribution in [1.82, 2.24) is 0 Å². The van der Waals surface area contributed by atoms with Gasteiger partial charge in [-0.15, -0.1) is 0 Å². The van der Waals surface area contributed by atoms with Gasteiger partial charge in [0.15, 0.2) is 5.75 Å². The Morgan fingerprint density at radius 1 is 0.955 bits per heavy atom. The van der Waals surface area contributed by atoms with Crippen LogP contribution in [0.2, 0.25) is 0 Å². The minimum Gasteiger partial charge on any atom is -0.508 e. The summed E-state index contributed by atoms with van der Waals surface area (Å²) in [4.78, 5) is 32.1. The number of ether oxygens (including phenoxy) is 1. The molecule has 0 aliphatic carbocycles. The second-order valence-electron chi connectivity index (χ2n) is 4.17. The maximum Gasteiger partial charge on any atom is 0.386 e. The number of rotatable bonds is 5. The molecular weight excluding hydrogens is 292 g/mol. The number of carboxylic acids is 1. The summed E-state index contributed by atoms with van der Waals surface area (Å²) in [7, 11) is 1.33. The van der Waals surface area contributed by atoms with E-state index in [2.05, 4.69) is 4.89 Å². The minimum absolute atomic E-state index is 0.00839. The van der Waals surface area contributed by atoms with E-state index in [1.54, 1.807) is 0 Å². The van der Waals surface area contributed by atoms with Gasteiger partial charge in [0.2, 0.25) is 5.75 Å². The number of hydrogen-bond acceptors (Lipinski definition) is 6. The number of hydrogen-bond donors (Lipinski definition) is 2. The van der Waals surface area contributed by atoms with Crippen molar-refractivity contribution in [3.8, 4) is 17.2 Å². The lowest BCUT2D eigenvalue weighted by molar-refractivity contribution is -0.150. The van der Waals surface area contributed by atoms with Gasteiger partial charge in [-0.1, -0.05) is 0 Å². The van der Waals surface area contributed by atoms with E-state index >= 15 is 0 Å². The van der Waals surface area contributed by atoms with E-state index in [9.17, 15) is 9.59 Å². The molecule has 22 heavy (non-hydrogen) atoms. The number of phenols is 1. The molecule has 2 aromatic rings.